The average Bonchev–Trinajstić information content (AvgIpc) is 2.55. The zero-order valence-corrected chi connectivity index (χ0v) is 13.4. The van der Waals surface area contributed by atoms with E-state index in [4.69, 9.17) is 14.6 Å². The Hall–Kier alpha value is -1.30. The van der Waals surface area contributed by atoms with Gasteiger partial charge in [-0.3, -0.25) is 0 Å². The molecule has 3 N–H and O–H groups in total. The minimum absolute atomic E-state index is 0.00508. The molecule has 1 saturated heterocycles. The Morgan fingerprint density at radius 3 is 2.77 bits per heavy atom. The molecule has 0 spiro atoms. The Kier molecular flexibility index (Phi) is 7.49. The molecule has 0 aromatic heterocycles. The molecule has 1 fully saturated rings. The number of hydrogen-bond donors (Lipinski definition) is 3. The standard InChI is InChI=1S/C17H28N2O3/c1-2-21-17-11-15(3-4-16(17)22-10-9-20)13-19-12-14-5-7-18-8-6-14/h3-4,11,14,18-20H,2,5-10,12-13H2,1H3. The molecule has 1 heterocycles. The van der Waals surface area contributed by atoms with Crippen molar-refractivity contribution >= 4 is 0 Å². The maximum absolute atomic E-state index is 8.86. The van der Waals surface area contributed by atoms with E-state index in [1.54, 1.807) is 0 Å². The van der Waals surface area contributed by atoms with Crippen LogP contribution in [0.5, 0.6) is 11.5 Å². The fraction of sp³-hybridized carbons (Fsp3) is 0.647. The largest absolute Gasteiger partial charge is 0.490 e. The second-order valence-electron chi connectivity index (χ2n) is 5.61. The number of aliphatic hydroxyl groups is 1. The Morgan fingerprint density at radius 1 is 1.23 bits per heavy atom. The van der Waals surface area contributed by atoms with E-state index < -0.39 is 0 Å². The van der Waals surface area contributed by atoms with E-state index in [2.05, 4.69) is 10.6 Å². The van der Waals surface area contributed by atoms with Gasteiger partial charge in [0.15, 0.2) is 11.5 Å². The van der Waals surface area contributed by atoms with E-state index in [1.807, 2.05) is 25.1 Å². The summed E-state index contributed by atoms with van der Waals surface area (Å²) in [6, 6.07) is 5.98. The van der Waals surface area contributed by atoms with Gasteiger partial charge >= 0.3 is 0 Å². The fourth-order valence-corrected chi connectivity index (χ4v) is 2.71. The van der Waals surface area contributed by atoms with Crippen molar-refractivity contribution in [3.8, 4) is 11.5 Å². The molecule has 0 radical (unpaired) electrons. The Bertz CT molecular complexity index is 434. The Labute approximate surface area is 133 Å². The minimum Gasteiger partial charge on any atom is -0.490 e. The smallest absolute Gasteiger partial charge is 0.161 e. The molecule has 1 aliphatic rings. The first kappa shape index (κ1) is 17.1. The number of nitrogens with one attached hydrogen (secondary N) is 2. The van der Waals surface area contributed by atoms with E-state index in [0.29, 0.717) is 12.4 Å². The first-order valence-electron chi connectivity index (χ1n) is 8.24. The molecule has 124 valence electrons. The van der Waals surface area contributed by atoms with Crippen molar-refractivity contribution in [3.63, 3.8) is 0 Å². The van der Waals surface area contributed by atoms with Crippen molar-refractivity contribution in [3.05, 3.63) is 23.8 Å². The van der Waals surface area contributed by atoms with Gasteiger partial charge in [0.1, 0.15) is 6.61 Å². The third kappa shape index (κ3) is 5.48. The van der Waals surface area contributed by atoms with E-state index >= 15 is 0 Å². The van der Waals surface area contributed by atoms with Gasteiger partial charge in [0.05, 0.1) is 13.2 Å². The fourth-order valence-electron chi connectivity index (χ4n) is 2.71. The molecule has 0 saturated carbocycles. The number of benzene rings is 1. The van der Waals surface area contributed by atoms with Gasteiger partial charge in [-0.15, -0.1) is 0 Å². The van der Waals surface area contributed by atoms with Crippen molar-refractivity contribution < 1.29 is 14.6 Å². The molecule has 1 aromatic carbocycles. The predicted octanol–water partition coefficient (Wildman–Crippen LogP) is 1.55. The molecular weight excluding hydrogens is 280 g/mol. The van der Waals surface area contributed by atoms with E-state index in [-0.39, 0.29) is 13.2 Å². The second kappa shape index (κ2) is 9.66. The molecule has 5 heteroatoms. The van der Waals surface area contributed by atoms with Crippen LogP contribution >= 0.6 is 0 Å². The van der Waals surface area contributed by atoms with Crippen molar-refractivity contribution in [1.82, 2.24) is 10.6 Å². The molecule has 0 amide bonds. The van der Waals surface area contributed by atoms with Crippen LogP contribution in [0, 0.1) is 5.92 Å². The lowest BCUT2D eigenvalue weighted by Crippen LogP contribution is -2.33. The molecule has 5 nitrogen and oxygen atoms in total. The van der Waals surface area contributed by atoms with Crippen molar-refractivity contribution in [2.24, 2.45) is 5.92 Å². The summed E-state index contributed by atoms with van der Waals surface area (Å²) in [4.78, 5) is 0. The van der Waals surface area contributed by atoms with Crippen molar-refractivity contribution in [1.29, 1.82) is 0 Å². The highest BCUT2D eigenvalue weighted by atomic mass is 16.5. The SMILES string of the molecule is CCOc1cc(CNCC2CCNCC2)ccc1OCCO. The summed E-state index contributed by atoms with van der Waals surface area (Å²) in [5, 5.41) is 15.8. The van der Waals surface area contributed by atoms with Crippen LogP contribution in [-0.2, 0) is 6.54 Å². The lowest BCUT2D eigenvalue weighted by Gasteiger charge is -2.23. The maximum Gasteiger partial charge on any atom is 0.161 e. The molecule has 0 bridgehead atoms. The average molecular weight is 308 g/mol. The van der Waals surface area contributed by atoms with Gasteiger partial charge in [-0.2, -0.15) is 0 Å². The Morgan fingerprint density at radius 2 is 2.05 bits per heavy atom. The van der Waals surface area contributed by atoms with Crippen LogP contribution in [0.3, 0.4) is 0 Å². The molecule has 0 aliphatic carbocycles. The number of piperidine rings is 1. The summed E-state index contributed by atoms with van der Waals surface area (Å²) < 4.78 is 11.1. The number of ether oxygens (including phenoxy) is 2. The monoisotopic (exact) mass is 308 g/mol. The van der Waals surface area contributed by atoms with Gasteiger partial charge in [0.2, 0.25) is 0 Å². The first-order valence-corrected chi connectivity index (χ1v) is 8.24. The normalized spacial score (nSPS) is 15.7. The summed E-state index contributed by atoms with van der Waals surface area (Å²) in [6.45, 7) is 7.02. The topological polar surface area (TPSA) is 62.8 Å². The molecule has 1 aliphatic heterocycles. The van der Waals surface area contributed by atoms with E-state index in [1.165, 1.54) is 18.4 Å². The van der Waals surface area contributed by atoms with Crippen LogP contribution < -0.4 is 20.1 Å². The molecule has 22 heavy (non-hydrogen) atoms. The number of hydrogen-bond acceptors (Lipinski definition) is 5. The number of rotatable bonds is 9. The minimum atomic E-state index is 0.00508. The third-order valence-electron chi connectivity index (χ3n) is 3.88. The van der Waals surface area contributed by atoms with Gasteiger partial charge in [0, 0.05) is 6.54 Å². The van der Waals surface area contributed by atoms with Crippen LogP contribution in [0.15, 0.2) is 18.2 Å². The molecule has 0 unspecified atom stereocenters. The van der Waals surface area contributed by atoms with Crippen molar-refractivity contribution in [2.75, 3.05) is 39.5 Å². The highest BCUT2D eigenvalue weighted by Crippen LogP contribution is 2.28. The maximum atomic E-state index is 8.86. The zero-order valence-electron chi connectivity index (χ0n) is 13.4. The summed E-state index contributed by atoms with van der Waals surface area (Å²) in [7, 11) is 0. The van der Waals surface area contributed by atoms with Gasteiger partial charge in [0.25, 0.3) is 0 Å². The van der Waals surface area contributed by atoms with Gasteiger partial charge in [-0.25, -0.2) is 0 Å². The summed E-state index contributed by atoms with van der Waals surface area (Å²) >= 11 is 0. The van der Waals surface area contributed by atoms with Crippen LogP contribution in [0.1, 0.15) is 25.3 Å². The quantitative estimate of drug-likeness (QED) is 0.646. The lowest BCUT2D eigenvalue weighted by molar-refractivity contribution is 0.194. The lowest BCUT2D eigenvalue weighted by atomic mass is 9.98. The molecular formula is C17H28N2O3. The van der Waals surface area contributed by atoms with Crippen molar-refractivity contribution in [2.45, 2.75) is 26.3 Å². The van der Waals surface area contributed by atoms with Gasteiger partial charge in [-0.1, -0.05) is 6.07 Å². The summed E-state index contributed by atoms with van der Waals surface area (Å²) in [5.41, 5.74) is 1.19. The summed E-state index contributed by atoms with van der Waals surface area (Å²) in [5.74, 6) is 2.22. The van der Waals surface area contributed by atoms with Gasteiger partial charge < -0.3 is 25.2 Å². The van der Waals surface area contributed by atoms with Crippen LogP contribution in [0.25, 0.3) is 0 Å². The second-order valence-corrected chi connectivity index (χ2v) is 5.61. The molecule has 0 atom stereocenters. The first-order chi connectivity index (χ1) is 10.8. The Balaban J connectivity index is 1.85. The van der Waals surface area contributed by atoms with E-state index in [0.717, 1.165) is 37.8 Å². The van der Waals surface area contributed by atoms with E-state index in [9.17, 15) is 0 Å². The van der Waals surface area contributed by atoms with Crippen LogP contribution in [-0.4, -0.2) is 44.6 Å². The number of aliphatic hydroxyl groups excluding tert-OH is 1. The highest BCUT2D eigenvalue weighted by molar-refractivity contribution is 5.43. The third-order valence-corrected chi connectivity index (χ3v) is 3.88. The highest BCUT2D eigenvalue weighted by Gasteiger charge is 2.12. The van der Waals surface area contributed by atoms with Crippen LogP contribution in [0.2, 0.25) is 0 Å². The molecule has 2 rings (SSSR count). The summed E-state index contributed by atoms with van der Waals surface area (Å²) in [6.07, 6.45) is 2.51. The molecule has 1 aromatic rings. The van der Waals surface area contributed by atoms with Gasteiger partial charge in [-0.05, 0) is 63.0 Å². The van der Waals surface area contributed by atoms with Crippen LogP contribution in [0.4, 0.5) is 0 Å². The zero-order chi connectivity index (χ0) is 15.6. The predicted molar refractivity (Wildman–Crippen MR) is 87.5 cm³/mol.